The number of nitrogens with zero attached hydrogens (tertiary/aromatic N) is 2. The van der Waals surface area contributed by atoms with Crippen LogP contribution in [0.3, 0.4) is 0 Å². The van der Waals surface area contributed by atoms with Crippen molar-refractivity contribution in [2.75, 3.05) is 0 Å². The number of rotatable bonds is 3. The zero-order valence-electron chi connectivity index (χ0n) is 8.52. The quantitative estimate of drug-likeness (QED) is 0.336. The highest BCUT2D eigenvalue weighted by atomic mass is 35.5. The van der Waals surface area contributed by atoms with E-state index in [0.29, 0.717) is 11.6 Å². The molecule has 0 spiro atoms. The first-order valence-electron chi connectivity index (χ1n) is 4.47. The molecule has 7 N–H and O–H groups in total. The van der Waals surface area contributed by atoms with Gasteiger partial charge in [-0.1, -0.05) is 23.7 Å². The number of nitrogens with two attached hydrogens (primary N) is 3. The highest BCUT2D eigenvalue weighted by Gasteiger charge is 1.94. The normalized spacial score (nSPS) is 10.9. The van der Waals surface area contributed by atoms with Crippen LogP contribution < -0.4 is 22.6 Å². The molecule has 0 atom stereocenters. The predicted octanol–water partition coefficient (Wildman–Crippen LogP) is -0.0673. The number of benzene rings is 1. The molecule has 1 aromatic rings. The summed E-state index contributed by atoms with van der Waals surface area (Å²) in [6, 6.07) is 7.32. The van der Waals surface area contributed by atoms with E-state index in [9.17, 15) is 0 Å². The van der Waals surface area contributed by atoms with Crippen LogP contribution in [-0.4, -0.2) is 11.9 Å². The first-order valence-corrected chi connectivity index (χ1v) is 4.84. The highest BCUT2D eigenvalue weighted by molar-refractivity contribution is 6.30. The van der Waals surface area contributed by atoms with Crippen molar-refractivity contribution in [2.24, 2.45) is 27.3 Å². The Hall–Kier alpha value is -1.95. The van der Waals surface area contributed by atoms with Crippen LogP contribution in [-0.2, 0) is 6.54 Å². The lowest BCUT2D eigenvalue weighted by atomic mass is 10.2. The molecule has 1 aromatic carbocycles. The molecule has 0 unspecified atom stereocenters. The molecule has 0 aromatic heterocycles. The SMILES string of the molecule is NC(N)=NNC(N)=NCc1cccc(Cl)c1. The molecule has 86 valence electrons. The molecule has 0 fully saturated rings. The molecular weight excluding hydrogens is 228 g/mol. The molecule has 0 saturated heterocycles. The monoisotopic (exact) mass is 240 g/mol. The number of guanidine groups is 2. The Morgan fingerprint density at radius 3 is 2.69 bits per heavy atom. The Kier molecular flexibility index (Phi) is 4.41. The van der Waals surface area contributed by atoms with E-state index in [1.54, 1.807) is 12.1 Å². The Balaban J connectivity index is 2.55. The maximum Gasteiger partial charge on any atom is 0.209 e. The second-order valence-electron chi connectivity index (χ2n) is 2.98. The van der Waals surface area contributed by atoms with Gasteiger partial charge in [0.05, 0.1) is 6.54 Å². The summed E-state index contributed by atoms with van der Waals surface area (Å²) in [5, 5.41) is 4.15. The van der Waals surface area contributed by atoms with Gasteiger partial charge in [0.2, 0.25) is 11.9 Å². The van der Waals surface area contributed by atoms with Crippen molar-refractivity contribution in [1.82, 2.24) is 5.43 Å². The molecule has 7 heteroatoms. The fourth-order valence-electron chi connectivity index (χ4n) is 0.969. The van der Waals surface area contributed by atoms with E-state index in [2.05, 4.69) is 15.5 Å². The number of nitrogens with one attached hydrogen (secondary N) is 1. The lowest BCUT2D eigenvalue weighted by Gasteiger charge is -2.00. The van der Waals surface area contributed by atoms with Gasteiger partial charge in [-0.25, -0.2) is 10.4 Å². The van der Waals surface area contributed by atoms with Crippen LogP contribution in [0.5, 0.6) is 0 Å². The molecule has 0 amide bonds. The number of halogens is 1. The summed E-state index contributed by atoms with van der Waals surface area (Å²) in [6.45, 7) is 0.402. The Morgan fingerprint density at radius 1 is 1.31 bits per heavy atom. The third-order valence-electron chi connectivity index (χ3n) is 1.62. The number of aliphatic imine (C=N–C) groups is 1. The van der Waals surface area contributed by atoms with E-state index in [1.165, 1.54) is 0 Å². The molecule has 0 aliphatic rings. The van der Waals surface area contributed by atoms with Gasteiger partial charge in [0.25, 0.3) is 0 Å². The minimum atomic E-state index is -0.110. The maximum atomic E-state index is 5.81. The molecule has 0 bridgehead atoms. The first kappa shape index (κ1) is 12.1. The second kappa shape index (κ2) is 5.82. The lowest BCUT2D eigenvalue weighted by Crippen LogP contribution is -2.33. The molecule has 0 heterocycles. The first-order chi connectivity index (χ1) is 7.58. The number of hydrogen-bond donors (Lipinski definition) is 4. The fraction of sp³-hybridized carbons (Fsp3) is 0.111. The third kappa shape index (κ3) is 4.52. The standard InChI is InChI=1S/C9H13ClN6/c10-7-3-1-2-6(4-7)5-14-9(13)16-15-8(11)12/h1-4H,5H2,(H4,11,12,15)(H3,13,14,16). The molecule has 6 nitrogen and oxygen atoms in total. The van der Waals surface area contributed by atoms with Crippen molar-refractivity contribution in [3.8, 4) is 0 Å². The van der Waals surface area contributed by atoms with Crippen LogP contribution in [0.15, 0.2) is 34.4 Å². The summed E-state index contributed by atoms with van der Waals surface area (Å²) in [5.74, 6) is 0.0225. The van der Waals surface area contributed by atoms with Crippen molar-refractivity contribution < 1.29 is 0 Å². The minimum Gasteiger partial charge on any atom is -0.369 e. The van der Waals surface area contributed by atoms with Gasteiger partial charge in [-0.15, -0.1) is 5.10 Å². The molecular formula is C9H13ClN6. The van der Waals surface area contributed by atoms with Crippen molar-refractivity contribution in [2.45, 2.75) is 6.54 Å². The van der Waals surface area contributed by atoms with E-state index in [-0.39, 0.29) is 11.9 Å². The number of hydrazone groups is 1. The van der Waals surface area contributed by atoms with Crippen molar-refractivity contribution >= 4 is 23.5 Å². The van der Waals surface area contributed by atoms with Crippen LogP contribution in [0.1, 0.15) is 5.56 Å². The molecule has 0 radical (unpaired) electrons. The smallest absolute Gasteiger partial charge is 0.209 e. The lowest BCUT2D eigenvalue weighted by molar-refractivity contribution is 0.952. The van der Waals surface area contributed by atoms with Crippen LogP contribution in [0.25, 0.3) is 0 Å². The Labute approximate surface area is 98.2 Å². The van der Waals surface area contributed by atoms with E-state index < -0.39 is 0 Å². The van der Waals surface area contributed by atoms with Gasteiger partial charge in [-0.3, -0.25) is 0 Å². The summed E-state index contributed by atoms with van der Waals surface area (Å²) in [6.07, 6.45) is 0. The van der Waals surface area contributed by atoms with E-state index in [4.69, 9.17) is 28.8 Å². The fourth-order valence-corrected chi connectivity index (χ4v) is 1.18. The van der Waals surface area contributed by atoms with Gasteiger partial charge in [0.15, 0.2) is 0 Å². The molecule has 0 saturated carbocycles. The topological polar surface area (TPSA) is 115 Å². The van der Waals surface area contributed by atoms with Crippen LogP contribution in [0.4, 0.5) is 0 Å². The van der Waals surface area contributed by atoms with Crippen molar-refractivity contribution in [3.63, 3.8) is 0 Å². The van der Waals surface area contributed by atoms with Gasteiger partial charge in [0, 0.05) is 5.02 Å². The van der Waals surface area contributed by atoms with Gasteiger partial charge in [0.1, 0.15) is 0 Å². The maximum absolute atomic E-state index is 5.81. The minimum absolute atomic E-state index is 0.110. The van der Waals surface area contributed by atoms with Crippen LogP contribution in [0.2, 0.25) is 5.02 Å². The van der Waals surface area contributed by atoms with Gasteiger partial charge >= 0.3 is 0 Å². The average molecular weight is 241 g/mol. The predicted molar refractivity (Wildman–Crippen MR) is 65.7 cm³/mol. The zero-order chi connectivity index (χ0) is 12.0. The largest absolute Gasteiger partial charge is 0.369 e. The van der Waals surface area contributed by atoms with Crippen LogP contribution in [0, 0.1) is 0 Å². The van der Waals surface area contributed by atoms with E-state index in [1.807, 2.05) is 12.1 Å². The summed E-state index contributed by atoms with van der Waals surface area (Å²) < 4.78 is 0. The Bertz CT molecular complexity index is 410. The summed E-state index contributed by atoms with van der Waals surface area (Å²) in [4.78, 5) is 4.01. The van der Waals surface area contributed by atoms with Gasteiger partial charge in [-0.2, -0.15) is 0 Å². The van der Waals surface area contributed by atoms with Crippen LogP contribution >= 0.6 is 11.6 Å². The zero-order valence-corrected chi connectivity index (χ0v) is 9.28. The van der Waals surface area contributed by atoms with Crippen molar-refractivity contribution in [3.05, 3.63) is 34.9 Å². The van der Waals surface area contributed by atoms with Gasteiger partial charge in [-0.05, 0) is 17.7 Å². The van der Waals surface area contributed by atoms with Crippen molar-refractivity contribution in [1.29, 1.82) is 0 Å². The summed E-state index contributed by atoms with van der Waals surface area (Å²) >= 11 is 5.81. The summed E-state index contributed by atoms with van der Waals surface area (Å²) in [5.41, 5.74) is 19.1. The average Bonchev–Trinajstić information content (AvgIpc) is 2.23. The Morgan fingerprint density at radius 2 is 2.06 bits per heavy atom. The van der Waals surface area contributed by atoms with Gasteiger partial charge < -0.3 is 17.2 Å². The third-order valence-corrected chi connectivity index (χ3v) is 1.86. The molecule has 0 aliphatic heterocycles. The second-order valence-corrected chi connectivity index (χ2v) is 3.42. The molecule has 16 heavy (non-hydrogen) atoms. The molecule has 0 aliphatic carbocycles. The van der Waals surface area contributed by atoms with E-state index >= 15 is 0 Å². The molecule has 1 rings (SSSR count). The number of hydrogen-bond acceptors (Lipinski definition) is 2. The summed E-state index contributed by atoms with van der Waals surface area (Å²) in [7, 11) is 0. The van der Waals surface area contributed by atoms with E-state index in [0.717, 1.165) is 5.56 Å². The highest BCUT2D eigenvalue weighted by Crippen LogP contribution is 2.11.